The van der Waals surface area contributed by atoms with E-state index in [1.807, 2.05) is 0 Å². The standard InChI is InChI=1S/C7H10ClNO3/c8-4-2-1-3-5-6(10)12-7(11)9-5/h5H,1-4H2,(H,9,11)/t5-/m0/s1. The lowest BCUT2D eigenvalue weighted by Gasteiger charge is -2.02. The molecule has 12 heavy (non-hydrogen) atoms. The van der Waals surface area contributed by atoms with E-state index in [1.54, 1.807) is 0 Å². The molecule has 1 amide bonds. The molecule has 0 saturated carbocycles. The van der Waals surface area contributed by atoms with Gasteiger partial charge in [-0.25, -0.2) is 9.59 Å². The Kier molecular flexibility index (Phi) is 3.34. The quantitative estimate of drug-likeness (QED) is 0.313. The average molecular weight is 192 g/mol. The molecule has 1 fully saturated rings. The minimum Gasteiger partial charge on any atom is -0.375 e. The lowest BCUT2D eigenvalue weighted by molar-refractivity contribution is -0.135. The number of ether oxygens (including phenoxy) is 1. The van der Waals surface area contributed by atoms with E-state index in [4.69, 9.17) is 11.6 Å². The van der Waals surface area contributed by atoms with Crippen LogP contribution < -0.4 is 5.32 Å². The molecular weight excluding hydrogens is 182 g/mol. The van der Waals surface area contributed by atoms with Crippen molar-refractivity contribution in [3.8, 4) is 0 Å². The number of amides is 1. The number of carbonyl (C=O) groups excluding carboxylic acids is 2. The van der Waals surface area contributed by atoms with Gasteiger partial charge in [-0.2, -0.15) is 0 Å². The van der Waals surface area contributed by atoms with E-state index in [9.17, 15) is 9.59 Å². The second-order valence-corrected chi connectivity index (χ2v) is 2.97. The molecule has 4 nitrogen and oxygen atoms in total. The molecule has 68 valence electrons. The molecule has 1 heterocycles. The third-order valence-electron chi connectivity index (χ3n) is 1.65. The van der Waals surface area contributed by atoms with Gasteiger partial charge in [-0.15, -0.1) is 11.6 Å². The second-order valence-electron chi connectivity index (χ2n) is 2.59. The van der Waals surface area contributed by atoms with E-state index in [2.05, 4.69) is 10.1 Å². The van der Waals surface area contributed by atoms with E-state index in [1.165, 1.54) is 0 Å². The maximum atomic E-state index is 10.8. The van der Waals surface area contributed by atoms with Crippen LogP contribution >= 0.6 is 11.6 Å². The number of cyclic esters (lactones) is 2. The first-order valence-corrected chi connectivity index (χ1v) is 4.35. The molecule has 0 radical (unpaired) electrons. The number of alkyl carbamates (subject to hydrolysis) is 1. The van der Waals surface area contributed by atoms with Gasteiger partial charge in [0.1, 0.15) is 6.04 Å². The van der Waals surface area contributed by atoms with Gasteiger partial charge in [0, 0.05) is 5.88 Å². The molecule has 1 aliphatic rings. The number of alkyl halides is 1. The van der Waals surface area contributed by atoms with Crippen LogP contribution in [0.15, 0.2) is 0 Å². The van der Waals surface area contributed by atoms with Crippen LogP contribution in [0.25, 0.3) is 0 Å². The molecule has 0 spiro atoms. The summed E-state index contributed by atoms with van der Waals surface area (Å²) in [7, 11) is 0. The van der Waals surface area contributed by atoms with E-state index in [0.29, 0.717) is 12.3 Å². The normalized spacial score (nSPS) is 22.2. The van der Waals surface area contributed by atoms with Crippen molar-refractivity contribution in [1.29, 1.82) is 0 Å². The average Bonchev–Trinajstić information content (AvgIpc) is 2.31. The van der Waals surface area contributed by atoms with Crippen LogP contribution in [0.4, 0.5) is 4.79 Å². The van der Waals surface area contributed by atoms with Crippen LogP contribution in [-0.2, 0) is 9.53 Å². The van der Waals surface area contributed by atoms with Gasteiger partial charge in [0.05, 0.1) is 0 Å². The van der Waals surface area contributed by atoms with Crippen molar-refractivity contribution >= 4 is 23.7 Å². The van der Waals surface area contributed by atoms with Gasteiger partial charge in [0.25, 0.3) is 0 Å². The number of hydrogen-bond donors (Lipinski definition) is 1. The number of esters is 1. The van der Waals surface area contributed by atoms with Crippen molar-refractivity contribution in [3.05, 3.63) is 0 Å². The molecule has 1 aliphatic heterocycles. The number of hydrogen-bond acceptors (Lipinski definition) is 3. The lowest BCUT2D eigenvalue weighted by atomic mass is 10.1. The largest absolute Gasteiger partial charge is 0.415 e. The topological polar surface area (TPSA) is 55.4 Å². The maximum Gasteiger partial charge on any atom is 0.415 e. The number of rotatable bonds is 4. The summed E-state index contributed by atoms with van der Waals surface area (Å²) in [5, 5.41) is 2.41. The zero-order valence-corrected chi connectivity index (χ0v) is 7.26. The third kappa shape index (κ3) is 2.37. The Morgan fingerprint density at radius 2 is 2.17 bits per heavy atom. The van der Waals surface area contributed by atoms with Gasteiger partial charge in [0.15, 0.2) is 0 Å². The molecule has 1 N–H and O–H groups in total. The third-order valence-corrected chi connectivity index (χ3v) is 1.91. The smallest absolute Gasteiger partial charge is 0.375 e. The summed E-state index contributed by atoms with van der Waals surface area (Å²) in [5.74, 6) is 0.102. The zero-order valence-electron chi connectivity index (χ0n) is 6.51. The summed E-state index contributed by atoms with van der Waals surface area (Å²) in [4.78, 5) is 21.4. The Hall–Kier alpha value is -0.770. The Morgan fingerprint density at radius 3 is 2.67 bits per heavy atom. The van der Waals surface area contributed by atoms with Gasteiger partial charge in [-0.1, -0.05) is 0 Å². The SMILES string of the molecule is O=C1N[C@@H](CCCCCl)C(=O)O1. The van der Waals surface area contributed by atoms with Crippen molar-refractivity contribution in [1.82, 2.24) is 5.32 Å². The van der Waals surface area contributed by atoms with E-state index in [-0.39, 0.29) is 0 Å². The Morgan fingerprint density at radius 1 is 1.42 bits per heavy atom. The Bertz CT molecular complexity index is 195. The van der Waals surface area contributed by atoms with Gasteiger partial charge in [-0.05, 0) is 19.3 Å². The molecular formula is C7H10ClNO3. The van der Waals surface area contributed by atoms with Crippen molar-refractivity contribution in [2.24, 2.45) is 0 Å². The first kappa shape index (κ1) is 9.32. The molecule has 0 aromatic rings. The fraction of sp³-hybridized carbons (Fsp3) is 0.714. The van der Waals surface area contributed by atoms with Crippen LogP contribution in [0.3, 0.4) is 0 Å². The molecule has 5 heteroatoms. The zero-order chi connectivity index (χ0) is 8.97. The highest BCUT2D eigenvalue weighted by Gasteiger charge is 2.31. The minimum absolute atomic E-state index is 0.458. The summed E-state index contributed by atoms with van der Waals surface area (Å²) in [6, 6.07) is -0.458. The number of unbranched alkanes of at least 4 members (excludes halogenated alkanes) is 1. The highest BCUT2D eigenvalue weighted by molar-refractivity contribution is 6.17. The minimum atomic E-state index is -0.643. The van der Waals surface area contributed by atoms with Crippen LogP contribution in [0.2, 0.25) is 0 Å². The van der Waals surface area contributed by atoms with Gasteiger partial charge < -0.3 is 10.1 Å². The lowest BCUT2D eigenvalue weighted by Crippen LogP contribution is -2.28. The van der Waals surface area contributed by atoms with Crippen molar-refractivity contribution in [2.45, 2.75) is 25.3 Å². The number of nitrogens with one attached hydrogen (secondary N) is 1. The van der Waals surface area contributed by atoms with E-state index in [0.717, 1.165) is 12.8 Å². The maximum absolute atomic E-state index is 10.8. The van der Waals surface area contributed by atoms with Crippen LogP contribution in [0.1, 0.15) is 19.3 Å². The van der Waals surface area contributed by atoms with Gasteiger partial charge in [-0.3, -0.25) is 0 Å². The van der Waals surface area contributed by atoms with Crippen molar-refractivity contribution in [3.63, 3.8) is 0 Å². The van der Waals surface area contributed by atoms with Crippen LogP contribution in [-0.4, -0.2) is 24.0 Å². The predicted molar refractivity (Wildman–Crippen MR) is 43.0 cm³/mol. The van der Waals surface area contributed by atoms with E-state index >= 15 is 0 Å². The molecule has 1 atom stereocenters. The molecule has 1 saturated heterocycles. The molecule has 1 rings (SSSR count). The van der Waals surface area contributed by atoms with E-state index < -0.39 is 18.1 Å². The van der Waals surface area contributed by atoms with Crippen LogP contribution in [0.5, 0.6) is 0 Å². The number of carbonyl (C=O) groups is 2. The summed E-state index contributed by atoms with van der Waals surface area (Å²) in [6.07, 6.45) is 1.64. The fourth-order valence-corrected chi connectivity index (χ4v) is 1.22. The fourth-order valence-electron chi connectivity index (χ4n) is 1.03. The predicted octanol–water partition coefficient (Wildman–Crippen LogP) is 1.03. The highest BCUT2D eigenvalue weighted by atomic mass is 35.5. The monoisotopic (exact) mass is 191 g/mol. The Labute approximate surface area is 75.2 Å². The first-order valence-electron chi connectivity index (χ1n) is 3.82. The molecule has 0 aliphatic carbocycles. The van der Waals surface area contributed by atoms with Gasteiger partial charge >= 0.3 is 12.1 Å². The molecule has 0 aromatic carbocycles. The first-order chi connectivity index (χ1) is 5.74. The van der Waals surface area contributed by atoms with Gasteiger partial charge in [0.2, 0.25) is 0 Å². The molecule has 0 unspecified atom stereocenters. The van der Waals surface area contributed by atoms with Crippen molar-refractivity contribution < 1.29 is 14.3 Å². The summed E-state index contributed by atoms with van der Waals surface area (Å²) in [6.45, 7) is 0. The van der Waals surface area contributed by atoms with Crippen LogP contribution in [0, 0.1) is 0 Å². The summed E-state index contributed by atoms with van der Waals surface area (Å²) < 4.78 is 4.28. The molecule has 0 aromatic heterocycles. The highest BCUT2D eigenvalue weighted by Crippen LogP contribution is 2.08. The second kappa shape index (κ2) is 4.30. The number of halogens is 1. The summed E-state index contributed by atoms with van der Waals surface area (Å²) in [5.41, 5.74) is 0. The van der Waals surface area contributed by atoms with Crippen molar-refractivity contribution in [2.75, 3.05) is 5.88 Å². The Balaban J connectivity index is 2.24. The molecule has 0 bridgehead atoms. The summed E-state index contributed by atoms with van der Waals surface area (Å²) >= 11 is 5.45.